The number of aromatic amines is 1. The topological polar surface area (TPSA) is 63.6 Å². The molecular formula is C10H13BN4O. The smallest absolute Gasteiger partial charge is 0.261 e. The molecule has 82 valence electrons. The van der Waals surface area contributed by atoms with Crippen LogP contribution in [0.4, 0.5) is 0 Å². The lowest BCUT2D eigenvalue weighted by Crippen LogP contribution is -2.25. The third-order valence-corrected chi connectivity index (χ3v) is 3.59. The molecule has 1 aliphatic rings. The Morgan fingerprint density at radius 2 is 2.38 bits per heavy atom. The molecule has 2 aromatic rings. The van der Waals surface area contributed by atoms with Gasteiger partial charge in [-0.15, -0.1) is 0 Å². The standard InChI is InChI=1S/C10H13BN4O/c1-5-2-3-6(5)8-13-9-7(10(16)14-8)4-12-15(9)11/h4-6H,2-3,11H2,1H3,(H,13,14,16). The Morgan fingerprint density at radius 1 is 1.56 bits per heavy atom. The van der Waals surface area contributed by atoms with Crippen molar-refractivity contribution in [3.8, 4) is 0 Å². The zero-order valence-electron chi connectivity index (χ0n) is 9.40. The van der Waals surface area contributed by atoms with E-state index in [1.54, 1.807) is 10.8 Å². The fourth-order valence-electron chi connectivity index (χ4n) is 2.30. The van der Waals surface area contributed by atoms with E-state index in [9.17, 15) is 4.79 Å². The molecule has 2 aromatic heterocycles. The number of fused-ring (bicyclic) bond motifs is 1. The van der Waals surface area contributed by atoms with Crippen LogP contribution in [0.1, 0.15) is 31.5 Å². The molecule has 3 rings (SSSR count). The summed E-state index contributed by atoms with van der Waals surface area (Å²) in [4.78, 5) is 19.2. The summed E-state index contributed by atoms with van der Waals surface area (Å²) in [6.45, 7) is 2.20. The van der Waals surface area contributed by atoms with Crippen molar-refractivity contribution in [2.24, 2.45) is 5.92 Å². The van der Waals surface area contributed by atoms with Gasteiger partial charge in [-0.3, -0.25) is 4.79 Å². The Kier molecular flexibility index (Phi) is 1.93. The highest BCUT2D eigenvalue weighted by atomic mass is 16.1. The predicted molar refractivity (Wildman–Crippen MR) is 63.2 cm³/mol. The average Bonchev–Trinajstić information content (AvgIpc) is 2.59. The van der Waals surface area contributed by atoms with E-state index in [0.29, 0.717) is 22.9 Å². The quantitative estimate of drug-likeness (QED) is 0.684. The van der Waals surface area contributed by atoms with E-state index >= 15 is 0 Å². The van der Waals surface area contributed by atoms with Crippen LogP contribution in [0.25, 0.3) is 11.0 Å². The van der Waals surface area contributed by atoms with Gasteiger partial charge in [0.25, 0.3) is 13.5 Å². The van der Waals surface area contributed by atoms with Gasteiger partial charge >= 0.3 is 0 Å². The van der Waals surface area contributed by atoms with E-state index < -0.39 is 0 Å². The van der Waals surface area contributed by atoms with E-state index in [1.165, 1.54) is 6.42 Å². The summed E-state index contributed by atoms with van der Waals surface area (Å²) in [6.07, 6.45) is 3.90. The lowest BCUT2D eigenvalue weighted by molar-refractivity contribution is 0.269. The van der Waals surface area contributed by atoms with Crippen molar-refractivity contribution in [1.29, 1.82) is 0 Å². The highest BCUT2D eigenvalue weighted by molar-refractivity contribution is 6.09. The van der Waals surface area contributed by atoms with Gasteiger partial charge in [-0.1, -0.05) is 6.92 Å². The van der Waals surface area contributed by atoms with Crippen LogP contribution in [0, 0.1) is 5.92 Å². The Balaban J connectivity index is 2.20. The van der Waals surface area contributed by atoms with Gasteiger partial charge in [-0.25, -0.2) is 4.98 Å². The summed E-state index contributed by atoms with van der Waals surface area (Å²) in [6, 6.07) is 0. The van der Waals surface area contributed by atoms with Crippen LogP contribution < -0.4 is 5.56 Å². The van der Waals surface area contributed by atoms with Gasteiger partial charge < -0.3 is 9.58 Å². The van der Waals surface area contributed by atoms with Crippen LogP contribution in [0.15, 0.2) is 11.0 Å². The van der Waals surface area contributed by atoms with Crippen LogP contribution in [0.5, 0.6) is 0 Å². The van der Waals surface area contributed by atoms with Gasteiger partial charge in [0, 0.05) is 5.92 Å². The molecule has 1 fully saturated rings. The summed E-state index contributed by atoms with van der Waals surface area (Å²) in [5.41, 5.74) is 0.602. The molecule has 1 N–H and O–H groups in total. The third-order valence-electron chi connectivity index (χ3n) is 3.59. The summed E-state index contributed by atoms with van der Waals surface area (Å²) in [5.74, 6) is 1.85. The number of rotatable bonds is 1. The van der Waals surface area contributed by atoms with Crippen LogP contribution in [0.2, 0.25) is 0 Å². The van der Waals surface area contributed by atoms with Gasteiger partial charge in [-0.2, -0.15) is 5.10 Å². The average molecular weight is 216 g/mol. The summed E-state index contributed by atoms with van der Waals surface area (Å²) >= 11 is 0. The normalized spacial score (nSPS) is 24.6. The monoisotopic (exact) mass is 216 g/mol. The van der Waals surface area contributed by atoms with E-state index in [0.717, 1.165) is 12.2 Å². The molecular weight excluding hydrogens is 203 g/mol. The molecule has 2 atom stereocenters. The number of hydrogen-bond donors (Lipinski definition) is 1. The molecule has 16 heavy (non-hydrogen) atoms. The lowest BCUT2D eigenvalue weighted by atomic mass is 9.74. The second-order valence-corrected chi connectivity index (χ2v) is 4.62. The predicted octanol–water partition coefficient (Wildman–Crippen LogP) is 0.0293. The maximum Gasteiger partial charge on any atom is 0.261 e. The Hall–Kier alpha value is -1.59. The van der Waals surface area contributed by atoms with Crippen molar-refractivity contribution in [1.82, 2.24) is 19.7 Å². The van der Waals surface area contributed by atoms with Crippen molar-refractivity contribution in [3.05, 3.63) is 22.4 Å². The van der Waals surface area contributed by atoms with Crippen molar-refractivity contribution in [3.63, 3.8) is 0 Å². The molecule has 5 nitrogen and oxygen atoms in total. The number of nitrogens with zero attached hydrogens (tertiary/aromatic N) is 3. The second kappa shape index (κ2) is 3.20. The van der Waals surface area contributed by atoms with Crippen molar-refractivity contribution >= 4 is 19.0 Å². The largest absolute Gasteiger partial charge is 0.310 e. The summed E-state index contributed by atoms with van der Waals surface area (Å²) < 4.78 is 1.65. The number of aromatic nitrogens is 4. The zero-order chi connectivity index (χ0) is 11.3. The minimum atomic E-state index is -0.0767. The third kappa shape index (κ3) is 1.22. The Morgan fingerprint density at radius 3 is 3.00 bits per heavy atom. The first kappa shape index (κ1) is 9.63. The van der Waals surface area contributed by atoms with Crippen LogP contribution in [0.3, 0.4) is 0 Å². The van der Waals surface area contributed by atoms with Crippen molar-refractivity contribution in [2.45, 2.75) is 25.7 Å². The molecule has 0 radical (unpaired) electrons. The van der Waals surface area contributed by atoms with Gasteiger partial charge in [0.05, 0.1) is 6.20 Å². The van der Waals surface area contributed by atoms with E-state index in [-0.39, 0.29) is 5.56 Å². The first-order valence-corrected chi connectivity index (χ1v) is 5.58. The first-order chi connectivity index (χ1) is 7.66. The molecule has 2 unspecified atom stereocenters. The minimum Gasteiger partial charge on any atom is -0.310 e. The van der Waals surface area contributed by atoms with Crippen molar-refractivity contribution in [2.75, 3.05) is 0 Å². The minimum absolute atomic E-state index is 0.0767. The highest BCUT2D eigenvalue weighted by Gasteiger charge is 2.30. The molecule has 0 bridgehead atoms. The lowest BCUT2D eigenvalue weighted by Gasteiger charge is -2.32. The molecule has 1 aliphatic carbocycles. The Bertz CT molecular complexity index is 602. The summed E-state index contributed by atoms with van der Waals surface area (Å²) in [5, 5.41) is 4.62. The molecule has 0 aromatic carbocycles. The molecule has 2 heterocycles. The molecule has 0 amide bonds. The fourth-order valence-corrected chi connectivity index (χ4v) is 2.30. The molecule has 0 aliphatic heterocycles. The number of hydrogen-bond acceptors (Lipinski definition) is 3. The number of H-pyrrole nitrogens is 1. The second-order valence-electron chi connectivity index (χ2n) is 4.62. The van der Waals surface area contributed by atoms with Crippen LogP contribution >= 0.6 is 0 Å². The first-order valence-electron chi connectivity index (χ1n) is 5.58. The van der Waals surface area contributed by atoms with E-state index in [1.807, 2.05) is 7.98 Å². The Labute approximate surface area is 93.3 Å². The zero-order valence-corrected chi connectivity index (χ0v) is 9.40. The SMILES string of the molecule is Bn1ncc2c(=O)[nH]c(C3CCC3C)nc21. The molecule has 1 saturated carbocycles. The maximum atomic E-state index is 11.8. The summed E-state index contributed by atoms with van der Waals surface area (Å²) in [7, 11) is 1.81. The number of nitrogens with one attached hydrogen (secondary N) is 1. The molecule has 0 saturated heterocycles. The van der Waals surface area contributed by atoms with Crippen LogP contribution in [-0.2, 0) is 0 Å². The van der Waals surface area contributed by atoms with Gasteiger partial charge in [0.1, 0.15) is 11.2 Å². The van der Waals surface area contributed by atoms with Gasteiger partial charge in [0.15, 0.2) is 5.65 Å². The van der Waals surface area contributed by atoms with Crippen LogP contribution in [-0.4, -0.2) is 27.6 Å². The highest BCUT2D eigenvalue weighted by Crippen LogP contribution is 2.40. The molecule has 0 spiro atoms. The van der Waals surface area contributed by atoms with Gasteiger partial charge in [0.2, 0.25) is 0 Å². The van der Waals surface area contributed by atoms with E-state index in [4.69, 9.17) is 0 Å². The van der Waals surface area contributed by atoms with E-state index in [2.05, 4.69) is 22.0 Å². The molecule has 6 heteroatoms. The maximum absolute atomic E-state index is 11.8. The van der Waals surface area contributed by atoms with Crippen molar-refractivity contribution < 1.29 is 0 Å². The van der Waals surface area contributed by atoms with Gasteiger partial charge in [-0.05, 0) is 18.8 Å². The fraction of sp³-hybridized carbons (Fsp3) is 0.500.